The number of aryl methyl sites for hydroxylation is 1. The summed E-state index contributed by atoms with van der Waals surface area (Å²) < 4.78 is 35.5. The van der Waals surface area contributed by atoms with Gasteiger partial charge in [-0.15, -0.1) is 0 Å². The summed E-state index contributed by atoms with van der Waals surface area (Å²) in [6, 6.07) is 11.5. The Kier molecular flexibility index (Phi) is 8.85. The Hall–Kier alpha value is -4.69. The third kappa shape index (κ3) is 6.02. The van der Waals surface area contributed by atoms with Crippen molar-refractivity contribution >= 4 is 33.4 Å². The van der Waals surface area contributed by atoms with Crippen LogP contribution in [0.4, 0.5) is 14.6 Å². The molecule has 0 aliphatic carbocycles. The number of likely N-dealkylation sites (tertiary alicyclic amines) is 1. The first-order chi connectivity index (χ1) is 21.9. The molecule has 0 spiro atoms. The van der Waals surface area contributed by atoms with E-state index in [1.165, 1.54) is 6.08 Å². The van der Waals surface area contributed by atoms with Crippen LogP contribution in [0.2, 0.25) is 0 Å². The summed E-state index contributed by atoms with van der Waals surface area (Å²) in [5.74, 6) is -0.484. The largest absolute Gasteiger partial charge is 0.462 e. The molecule has 232 valence electrons. The summed E-state index contributed by atoms with van der Waals surface area (Å²) in [6.07, 6.45) is 6.03. The molecule has 0 radical (unpaired) electrons. The van der Waals surface area contributed by atoms with Crippen molar-refractivity contribution in [3.05, 3.63) is 77.5 Å². The van der Waals surface area contributed by atoms with Crippen molar-refractivity contribution in [2.24, 2.45) is 0 Å². The van der Waals surface area contributed by atoms with Crippen LogP contribution in [0.15, 0.2) is 54.7 Å². The van der Waals surface area contributed by atoms with Gasteiger partial charge in [0.05, 0.1) is 5.39 Å². The molecule has 0 bridgehead atoms. The number of ether oxygens (including phenoxy) is 1. The first kappa shape index (κ1) is 30.3. The normalized spacial score (nSPS) is 19.1. The Balaban J connectivity index is 1.43. The van der Waals surface area contributed by atoms with Gasteiger partial charge in [-0.2, -0.15) is 9.97 Å². The van der Waals surface area contributed by atoms with E-state index in [-0.39, 0.29) is 48.8 Å². The molecule has 11 heteroatoms. The molecule has 2 saturated heterocycles. The second-order valence-electron chi connectivity index (χ2n) is 11.6. The fourth-order valence-electron chi connectivity index (χ4n) is 6.44. The lowest BCUT2D eigenvalue weighted by Gasteiger charge is -2.39. The third-order valence-electron chi connectivity index (χ3n) is 8.80. The van der Waals surface area contributed by atoms with Crippen LogP contribution in [-0.4, -0.2) is 95.8 Å². The molecule has 2 aromatic carbocycles. The summed E-state index contributed by atoms with van der Waals surface area (Å²) in [5.41, 5.74) is 1.97. The first-order valence-electron chi connectivity index (χ1n) is 15.2. The fourth-order valence-corrected chi connectivity index (χ4v) is 6.44. The van der Waals surface area contributed by atoms with Crippen LogP contribution in [0.1, 0.15) is 18.4 Å². The molecule has 9 nitrogen and oxygen atoms in total. The van der Waals surface area contributed by atoms with Crippen molar-refractivity contribution in [3.8, 4) is 17.3 Å². The number of carbonyl (C=O) groups excluding carboxylic acids is 1. The molecule has 2 aliphatic rings. The van der Waals surface area contributed by atoms with E-state index in [1.807, 2.05) is 48.2 Å². The molecule has 0 N–H and O–H groups in total. The number of anilines is 1. The number of halogens is 2. The Morgan fingerprint density at radius 2 is 1.98 bits per heavy atom. The quantitative estimate of drug-likeness (QED) is 0.200. The molecule has 4 heterocycles. The topological polar surface area (TPSA) is 79.1 Å². The Morgan fingerprint density at radius 1 is 1.16 bits per heavy atom. The number of likely N-dealkylation sites (N-methyl/N-ethyl adjacent to an activating group) is 1. The zero-order valence-corrected chi connectivity index (χ0v) is 25.4. The predicted molar refractivity (Wildman–Crippen MR) is 170 cm³/mol. The highest BCUT2D eigenvalue weighted by Crippen LogP contribution is 2.36. The van der Waals surface area contributed by atoms with Gasteiger partial charge in [-0.05, 0) is 55.8 Å². The lowest BCUT2D eigenvalue weighted by molar-refractivity contribution is -0.128. The lowest BCUT2D eigenvalue weighted by Crippen LogP contribution is -2.56. The second kappa shape index (κ2) is 13.1. The van der Waals surface area contributed by atoms with E-state index < -0.39 is 18.5 Å². The maximum atomic E-state index is 16.7. The van der Waals surface area contributed by atoms with Crippen molar-refractivity contribution in [2.75, 3.05) is 58.0 Å². The summed E-state index contributed by atoms with van der Waals surface area (Å²) in [4.78, 5) is 36.0. The molecule has 1 amide bonds. The van der Waals surface area contributed by atoms with Gasteiger partial charge in [-0.1, -0.05) is 36.4 Å². The Labute approximate surface area is 261 Å². The molecule has 2 aromatic heterocycles. The molecule has 4 aromatic rings. The van der Waals surface area contributed by atoms with Crippen molar-refractivity contribution in [1.29, 1.82) is 0 Å². The minimum atomic E-state index is -0.746. The number of pyridine rings is 1. The van der Waals surface area contributed by atoms with Gasteiger partial charge in [-0.3, -0.25) is 9.78 Å². The minimum absolute atomic E-state index is 0.0588. The van der Waals surface area contributed by atoms with Crippen molar-refractivity contribution in [3.63, 3.8) is 0 Å². The molecule has 0 saturated carbocycles. The molecule has 45 heavy (non-hydrogen) atoms. The lowest BCUT2D eigenvalue weighted by atomic mass is 9.97. The summed E-state index contributed by atoms with van der Waals surface area (Å²) in [6.45, 7) is 11.1. The molecule has 2 atom stereocenters. The van der Waals surface area contributed by atoms with E-state index in [1.54, 1.807) is 11.1 Å². The van der Waals surface area contributed by atoms with Gasteiger partial charge in [0, 0.05) is 43.5 Å². The van der Waals surface area contributed by atoms with Crippen LogP contribution in [-0.2, 0) is 4.79 Å². The maximum absolute atomic E-state index is 16.7. The molecule has 2 aliphatic heterocycles. The van der Waals surface area contributed by atoms with E-state index >= 15 is 4.39 Å². The smallest absolute Gasteiger partial charge is 0.319 e. The van der Waals surface area contributed by atoms with E-state index in [0.29, 0.717) is 29.9 Å². The molecular weight excluding hydrogens is 576 g/mol. The number of hydrogen-bond donors (Lipinski definition) is 0. The third-order valence-corrected chi connectivity index (χ3v) is 8.80. The zero-order chi connectivity index (χ0) is 31.5. The minimum Gasteiger partial charge on any atom is -0.462 e. The molecule has 2 fully saturated rings. The number of rotatable bonds is 8. The highest BCUT2D eigenvalue weighted by Gasteiger charge is 2.34. The molecular formula is C34H35F2N7O2. The van der Waals surface area contributed by atoms with Crippen LogP contribution in [0, 0.1) is 19.3 Å². The van der Waals surface area contributed by atoms with Crippen LogP contribution in [0.5, 0.6) is 6.01 Å². The van der Waals surface area contributed by atoms with E-state index in [4.69, 9.17) is 16.3 Å². The number of carbonyl (C=O) groups is 1. The summed E-state index contributed by atoms with van der Waals surface area (Å²) in [5, 5.41) is 2.32. The van der Waals surface area contributed by atoms with Gasteiger partial charge in [0.1, 0.15) is 36.4 Å². The van der Waals surface area contributed by atoms with Gasteiger partial charge in [0.15, 0.2) is 5.82 Å². The average Bonchev–Trinajstić information content (AvgIpc) is 3.47. The van der Waals surface area contributed by atoms with E-state index in [9.17, 15) is 9.18 Å². The van der Waals surface area contributed by atoms with Crippen LogP contribution in [0.3, 0.4) is 0 Å². The number of benzene rings is 2. The van der Waals surface area contributed by atoms with E-state index in [0.717, 1.165) is 41.8 Å². The molecule has 0 unspecified atom stereocenters. The number of alkyl halides is 1. The van der Waals surface area contributed by atoms with Crippen molar-refractivity contribution in [1.82, 2.24) is 24.8 Å². The van der Waals surface area contributed by atoms with Crippen molar-refractivity contribution in [2.45, 2.75) is 31.8 Å². The summed E-state index contributed by atoms with van der Waals surface area (Å²) in [7, 11) is 2.05. The molecule has 6 rings (SSSR count). The van der Waals surface area contributed by atoms with Crippen LogP contribution in [0.25, 0.3) is 37.8 Å². The number of amides is 1. The van der Waals surface area contributed by atoms with Gasteiger partial charge in [-0.25, -0.2) is 15.4 Å². The monoisotopic (exact) mass is 611 g/mol. The number of piperazine rings is 1. The number of allylic oxidation sites excluding steroid dienone is 1. The first-order valence-corrected chi connectivity index (χ1v) is 15.2. The summed E-state index contributed by atoms with van der Waals surface area (Å²) >= 11 is 0. The van der Waals surface area contributed by atoms with Crippen LogP contribution >= 0.6 is 0 Å². The SMILES string of the molecule is [C-]#[N+]C[C@H]1CN(c2nc(OC[C@@H]3CCCN3C)nc3c(F)c(-c4cccc5cccc(C)c45)ncc23)CCN1C(=O)/C=C/CF. The van der Waals surface area contributed by atoms with Gasteiger partial charge in [0.2, 0.25) is 12.5 Å². The van der Waals surface area contributed by atoms with Crippen molar-refractivity contribution < 1.29 is 18.3 Å². The van der Waals surface area contributed by atoms with Gasteiger partial charge in [0.25, 0.3) is 0 Å². The van der Waals surface area contributed by atoms with E-state index in [2.05, 4.69) is 26.8 Å². The number of hydrogen-bond acceptors (Lipinski definition) is 7. The highest BCUT2D eigenvalue weighted by atomic mass is 19.1. The average molecular weight is 612 g/mol. The second-order valence-corrected chi connectivity index (χ2v) is 11.6. The highest BCUT2D eigenvalue weighted by molar-refractivity contribution is 6.00. The predicted octanol–water partition coefficient (Wildman–Crippen LogP) is 5.23. The fraction of sp³-hybridized carbons (Fsp3) is 0.382. The maximum Gasteiger partial charge on any atom is 0.319 e. The van der Waals surface area contributed by atoms with Gasteiger partial charge >= 0.3 is 6.01 Å². The Bertz CT molecular complexity index is 1800. The zero-order valence-electron chi connectivity index (χ0n) is 25.4. The number of aromatic nitrogens is 3. The van der Waals surface area contributed by atoms with Gasteiger partial charge < -0.3 is 24.3 Å². The Morgan fingerprint density at radius 3 is 2.73 bits per heavy atom. The van der Waals surface area contributed by atoms with Crippen LogP contribution < -0.4 is 9.64 Å². The number of fused-ring (bicyclic) bond motifs is 2. The standard InChI is InChI=1S/C34H35F2N7O2/c1-22-8-4-9-23-10-5-12-26(29(22)23)31-30(36)32-27(19-38-31)33(40-34(39-32)45-21-24-11-7-15-41(24)3)42-16-17-43(25(20-42)18-37-2)28(44)13-6-14-35/h4-6,8-10,12-13,19,24-25H,7,11,14-18,20-21H2,1,3H3/b13-6+/t24-,25-/m0/s1. The number of nitrogens with zero attached hydrogens (tertiary/aromatic N) is 7.